The third-order valence-corrected chi connectivity index (χ3v) is 1.29. The van der Waals surface area contributed by atoms with E-state index in [1.165, 1.54) is 0 Å². The molecule has 0 radical (unpaired) electrons. The highest BCUT2D eigenvalue weighted by molar-refractivity contribution is 5.49. The fourth-order valence-corrected chi connectivity index (χ4v) is 0.799. The first kappa shape index (κ1) is 6.15. The lowest BCUT2D eigenvalue weighted by Gasteiger charge is -1.81. The van der Waals surface area contributed by atoms with Gasteiger partial charge in [0.05, 0.1) is 11.8 Å². The molecule has 0 aromatic carbocycles. The number of nitrogens with zero attached hydrogens (tertiary/aromatic N) is 2. The predicted molar refractivity (Wildman–Crippen MR) is 36.7 cm³/mol. The van der Waals surface area contributed by atoms with Gasteiger partial charge in [0, 0.05) is 6.92 Å². The molecule has 0 fully saturated rings. The molecule has 0 N–H and O–H groups in total. The van der Waals surface area contributed by atoms with E-state index in [9.17, 15) is 0 Å². The van der Waals surface area contributed by atoms with Gasteiger partial charge in [0.2, 0.25) is 5.89 Å². The summed E-state index contributed by atoms with van der Waals surface area (Å²) in [4.78, 5) is 0. The second kappa shape index (κ2) is 2.23. The van der Waals surface area contributed by atoms with Crippen molar-refractivity contribution in [1.82, 2.24) is 10.2 Å². The van der Waals surface area contributed by atoms with E-state index in [2.05, 4.69) is 10.2 Å². The Kier molecular flexibility index (Phi) is 1.25. The van der Waals surface area contributed by atoms with E-state index in [1.807, 2.05) is 0 Å². The van der Waals surface area contributed by atoms with Crippen molar-refractivity contribution in [1.29, 1.82) is 0 Å². The van der Waals surface area contributed by atoms with Gasteiger partial charge < -0.3 is 8.83 Å². The van der Waals surface area contributed by atoms with E-state index >= 15 is 0 Å². The molecule has 0 aliphatic rings. The summed E-state index contributed by atoms with van der Waals surface area (Å²) in [5.41, 5.74) is 0.811. The summed E-state index contributed by atoms with van der Waals surface area (Å²) in [5, 5.41) is 7.50. The van der Waals surface area contributed by atoms with E-state index < -0.39 is 0 Å². The highest BCUT2D eigenvalue weighted by atomic mass is 16.4. The molecule has 2 heterocycles. The molecule has 0 spiro atoms. The smallest absolute Gasteiger partial charge is 0.250 e. The molecule has 4 nitrogen and oxygen atoms in total. The summed E-state index contributed by atoms with van der Waals surface area (Å²) in [6.07, 6.45) is 3.13. The lowest BCUT2D eigenvalue weighted by Crippen LogP contribution is -1.71. The van der Waals surface area contributed by atoms with Crippen LogP contribution in [0.25, 0.3) is 11.5 Å². The molecular formula is C7H6N2O2. The monoisotopic (exact) mass is 150 g/mol. The van der Waals surface area contributed by atoms with Crippen molar-refractivity contribution in [3.63, 3.8) is 0 Å². The molecule has 0 saturated carbocycles. The summed E-state index contributed by atoms with van der Waals surface area (Å²) >= 11 is 0. The first-order chi connectivity index (χ1) is 5.36. The third kappa shape index (κ3) is 1.02. The SMILES string of the molecule is Cc1nnc(-c2ccoc2)o1. The second-order valence-electron chi connectivity index (χ2n) is 2.14. The largest absolute Gasteiger partial charge is 0.472 e. The molecule has 0 amide bonds. The Hall–Kier alpha value is -1.58. The molecule has 0 unspecified atom stereocenters. The van der Waals surface area contributed by atoms with Gasteiger partial charge in [-0.1, -0.05) is 0 Å². The summed E-state index contributed by atoms with van der Waals surface area (Å²) < 4.78 is 10.00. The molecule has 0 aliphatic heterocycles. The maximum Gasteiger partial charge on any atom is 0.250 e. The van der Waals surface area contributed by atoms with Crippen LogP contribution in [0.5, 0.6) is 0 Å². The molecule has 0 bridgehead atoms. The molecule has 2 aromatic heterocycles. The number of aromatic nitrogens is 2. The lowest BCUT2D eigenvalue weighted by molar-refractivity contribution is 0.529. The first-order valence-electron chi connectivity index (χ1n) is 3.19. The van der Waals surface area contributed by atoms with Crippen LogP contribution >= 0.6 is 0 Å². The Bertz CT molecular complexity index is 337. The van der Waals surface area contributed by atoms with E-state index in [0.717, 1.165) is 5.56 Å². The minimum atomic E-state index is 0.497. The van der Waals surface area contributed by atoms with E-state index in [-0.39, 0.29) is 0 Å². The number of aryl methyl sites for hydroxylation is 1. The quantitative estimate of drug-likeness (QED) is 0.620. The van der Waals surface area contributed by atoms with Crippen molar-refractivity contribution < 1.29 is 8.83 Å². The van der Waals surface area contributed by atoms with Crippen LogP contribution < -0.4 is 0 Å². The molecule has 11 heavy (non-hydrogen) atoms. The average Bonchev–Trinajstić information content (AvgIpc) is 2.55. The highest BCUT2D eigenvalue weighted by Gasteiger charge is 2.05. The third-order valence-electron chi connectivity index (χ3n) is 1.29. The molecular weight excluding hydrogens is 144 g/mol. The van der Waals surface area contributed by atoms with Crippen molar-refractivity contribution in [2.45, 2.75) is 6.92 Å². The molecule has 2 rings (SSSR count). The lowest BCUT2D eigenvalue weighted by atomic mass is 10.3. The van der Waals surface area contributed by atoms with Crippen molar-refractivity contribution in [3.05, 3.63) is 24.5 Å². The van der Waals surface area contributed by atoms with Crippen molar-refractivity contribution >= 4 is 0 Å². The van der Waals surface area contributed by atoms with Crippen LogP contribution in [-0.4, -0.2) is 10.2 Å². The number of hydrogen-bond donors (Lipinski definition) is 0. The van der Waals surface area contributed by atoms with Gasteiger partial charge in [-0.3, -0.25) is 0 Å². The van der Waals surface area contributed by atoms with Gasteiger partial charge in [-0.15, -0.1) is 10.2 Å². The Morgan fingerprint density at radius 1 is 1.36 bits per heavy atom. The van der Waals surface area contributed by atoms with Crippen LogP contribution in [0.15, 0.2) is 27.4 Å². The predicted octanol–water partition coefficient (Wildman–Crippen LogP) is 1.64. The standard InChI is InChI=1S/C7H6N2O2/c1-5-8-9-7(11-5)6-2-3-10-4-6/h2-4H,1H3. The molecule has 0 saturated heterocycles. The highest BCUT2D eigenvalue weighted by Crippen LogP contribution is 2.16. The van der Waals surface area contributed by atoms with Crippen molar-refractivity contribution in [2.24, 2.45) is 0 Å². The summed E-state index contributed by atoms with van der Waals surface area (Å²) in [5.74, 6) is 1.05. The minimum absolute atomic E-state index is 0.497. The fourth-order valence-electron chi connectivity index (χ4n) is 0.799. The molecule has 56 valence electrons. The fraction of sp³-hybridized carbons (Fsp3) is 0.143. The minimum Gasteiger partial charge on any atom is -0.472 e. The zero-order valence-electron chi connectivity index (χ0n) is 5.94. The molecule has 2 aromatic rings. The molecule has 4 heteroatoms. The summed E-state index contributed by atoms with van der Waals surface area (Å²) in [6, 6.07) is 1.77. The number of rotatable bonds is 1. The number of furan rings is 1. The van der Waals surface area contributed by atoms with E-state index in [4.69, 9.17) is 8.83 Å². The van der Waals surface area contributed by atoms with Crippen LogP contribution in [0.1, 0.15) is 5.89 Å². The zero-order valence-corrected chi connectivity index (χ0v) is 5.94. The van der Waals surface area contributed by atoms with Crippen LogP contribution in [0.2, 0.25) is 0 Å². The van der Waals surface area contributed by atoms with Gasteiger partial charge in [0.1, 0.15) is 6.26 Å². The Morgan fingerprint density at radius 2 is 2.27 bits per heavy atom. The number of hydrogen-bond acceptors (Lipinski definition) is 4. The summed E-state index contributed by atoms with van der Waals surface area (Å²) in [7, 11) is 0. The van der Waals surface area contributed by atoms with Gasteiger partial charge in [0.15, 0.2) is 0 Å². The maximum absolute atomic E-state index is 5.15. The van der Waals surface area contributed by atoms with Crippen LogP contribution in [0.4, 0.5) is 0 Å². The Balaban J connectivity index is 2.45. The summed E-state index contributed by atoms with van der Waals surface area (Å²) in [6.45, 7) is 1.75. The Morgan fingerprint density at radius 3 is 2.82 bits per heavy atom. The van der Waals surface area contributed by atoms with Crippen molar-refractivity contribution in [3.8, 4) is 11.5 Å². The van der Waals surface area contributed by atoms with Gasteiger partial charge >= 0.3 is 0 Å². The normalized spacial score (nSPS) is 10.3. The van der Waals surface area contributed by atoms with E-state index in [1.54, 1.807) is 25.5 Å². The maximum atomic E-state index is 5.15. The topological polar surface area (TPSA) is 52.1 Å². The van der Waals surface area contributed by atoms with Crippen molar-refractivity contribution in [2.75, 3.05) is 0 Å². The van der Waals surface area contributed by atoms with Gasteiger partial charge in [-0.2, -0.15) is 0 Å². The molecule has 0 aliphatic carbocycles. The van der Waals surface area contributed by atoms with Gasteiger partial charge in [-0.25, -0.2) is 0 Å². The van der Waals surface area contributed by atoms with E-state index in [0.29, 0.717) is 11.8 Å². The van der Waals surface area contributed by atoms with Gasteiger partial charge in [-0.05, 0) is 6.07 Å². The second-order valence-corrected chi connectivity index (χ2v) is 2.14. The first-order valence-corrected chi connectivity index (χ1v) is 3.19. The van der Waals surface area contributed by atoms with Crippen LogP contribution in [0, 0.1) is 6.92 Å². The Labute approximate surface area is 62.8 Å². The molecule has 0 atom stereocenters. The average molecular weight is 150 g/mol. The zero-order chi connectivity index (χ0) is 7.68. The van der Waals surface area contributed by atoms with Crippen LogP contribution in [-0.2, 0) is 0 Å². The van der Waals surface area contributed by atoms with Crippen LogP contribution in [0.3, 0.4) is 0 Å². The van der Waals surface area contributed by atoms with Gasteiger partial charge in [0.25, 0.3) is 5.89 Å².